The van der Waals surface area contributed by atoms with Crippen LogP contribution in [0.4, 0.5) is 0 Å². The molecule has 1 aliphatic heterocycles. The van der Waals surface area contributed by atoms with Gasteiger partial charge in [-0.2, -0.15) is 0 Å². The van der Waals surface area contributed by atoms with Crippen molar-refractivity contribution in [3.8, 4) is 0 Å². The van der Waals surface area contributed by atoms with Crippen LogP contribution in [-0.2, 0) is 0 Å². The van der Waals surface area contributed by atoms with Gasteiger partial charge in [0.15, 0.2) is 0 Å². The Morgan fingerprint density at radius 2 is 2.12 bits per heavy atom. The van der Waals surface area contributed by atoms with Gasteiger partial charge in [-0.1, -0.05) is 0 Å². The minimum absolute atomic E-state index is 0.207. The molecule has 1 saturated heterocycles. The lowest BCUT2D eigenvalue weighted by Gasteiger charge is -2.22. The third kappa shape index (κ3) is 3.70. The van der Waals surface area contributed by atoms with Gasteiger partial charge in [0.25, 0.3) is 0 Å². The van der Waals surface area contributed by atoms with Gasteiger partial charge in [0.2, 0.25) is 0 Å². The summed E-state index contributed by atoms with van der Waals surface area (Å²) < 4.78 is 0. The summed E-state index contributed by atoms with van der Waals surface area (Å²) >= 11 is 0. The van der Waals surface area contributed by atoms with E-state index in [0.29, 0.717) is 12.1 Å². The van der Waals surface area contributed by atoms with E-state index in [4.69, 9.17) is 0 Å². The Morgan fingerprint density at radius 3 is 2.69 bits per heavy atom. The number of aliphatic hydroxyl groups excluding tert-OH is 1. The van der Waals surface area contributed by atoms with E-state index in [0.717, 1.165) is 26.2 Å². The minimum Gasteiger partial charge on any atom is -0.390 e. The van der Waals surface area contributed by atoms with Gasteiger partial charge in [-0.05, 0) is 39.9 Å². The van der Waals surface area contributed by atoms with Crippen molar-refractivity contribution in [1.29, 1.82) is 0 Å². The van der Waals surface area contributed by atoms with Crippen molar-refractivity contribution in [2.24, 2.45) is 0 Å². The number of nitrogens with zero attached hydrogens (tertiary/aromatic N) is 2. The number of likely N-dealkylation sites (N-methyl/N-ethyl adjacent to an activating group) is 1. The second kappa shape index (κ2) is 5.45. The molecule has 0 aromatic heterocycles. The Kier molecular flexibility index (Phi) is 4.19. The number of likely N-dealkylation sites (tertiary alicyclic amines) is 1. The van der Waals surface area contributed by atoms with E-state index in [9.17, 15) is 5.11 Å². The van der Waals surface area contributed by atoms with Crippen molar-refractivity contribution in [3.63, 3.8) is 0 Å². The number of rotatable bonds is 6. The van der Waals surface area contributed by atoms with Gasteiger partial charge >= 0.3 is 0 Å². The summed E-state index contributed by atoms with van der Waals surface area (Å²) in [4.78, 5) is 4.67. The lowest BCUT2D eigenvalue weighted by atomic mass is 10.2. The predicted molar refractivity (Wildman–Crippen MR) is 65.6 cm³/mol. The van der Waals surface area contributed by atoms with E-state index in [1.54, 1.807) is 0 Å². The summed E-state index contributed by atoms with van der Waals surface area (Å²) in [7, 11) is 4.28. The molecule has 0 radical (unpaired) electrons. The zero-order valence-electron chi connectivity index (χ0n) is 10.5. The maximum Gasteiger partial charge on any atom is 0.0791 e. The smallest absolute Gasteiger partial charge is 0.0791 e. The summed E-state index contributed by atoms with van der Waals surface area (Å²) in [5.74, 6) is 0. The van der Waals surface area contributed by atoms with E-state index >= 15 is 0 Å². The van der Waals surface area contributed by atoms with E-state index < -0.39 is 0 Å². The van der Waals surface area contributed by atoms with Gasteiger partial charge in [0.05, 0.1) is 6.10 Å². The molecule has 2 rings (SSSR count). The van der Waals surface area contributed by atoms with Crippen molar-refractivity contribution in [3.05, 3.63) is 0 Å². The highest BCUT2D eigenvalue weighted by Crippen LogP contribution is 2.18. The average Bonchev–Trinajstić information content (AvgIpc) is 2.95. The predicted octanol–water partition coefficient (Wildman–Crippen LogP) is -0.265. The molecule has 0 amide bonds. The van der Waals surface area contributed by atoms with Gasteiger partial charge in [0, 0.05) is 31.7 Å². The van der Waals surface area contributed by atoms with Crippen molar-refractivity contribution < 1.29 is 5.11 Å². The molecular weight excluding hydrogens is 202 g/mol. The first-order valence-corrected chi connectivity index (χ1v) is 6.45. The molecule has 1 aliphatic carbocycles. The molecule has 2 aliphatic rings. The van der Waals surface area contributed by atoms with Crippen molar-refractivity contribution in [1.82, 2.24) is 15.1 Å². The number of β-amino-alcohol motifs (C(OH)–C–C–N with tert-alkyl or cyclic N) is 1. The third-order valence-corrected chi connectivity index (χ3v) is 3.67. The van der Waals surface area contributed by atoms with Gasteiger partial charge in [-0.25, -0.2) is 0 Å². The molecule has 0 aromatic rings. The second-order valence-corrected chi connectivity index (χ2v) is 5.50. The van der Waals surface area contributed by atoms with Crippen molar-refractivity contribution in [2.45, 2.75) is 37.5 Å². The fourth-order valence-corrected chi connectivity index (χ4v) is 2.35. The summed E-state index contributed by atoms with van der Waals surface area (Å²) in [5, 5.41) is 13.3. The Bertz CT molecular complexity index is 218. The third-order valence-electron chi connectivity index (χ3n) is 3.67. The zero-order chi connectivity index (χ0) is 11.5. The summed E-state index contributed by atoms with van der Waals surface area (Å²) in [5.41, 5.74) is 0. The van der Waals surface area contributed by atoms with Crippen LogP contribution in [0.25, 0.3) is 0 Å². The fourth-order valence-electron chi connectivity index (χ4n) is 2.35. The van der Waals surface area contributed by atoms with Gasteiger partial charge in [-0.15, -0.1) is 0 Å². The van der Waals surface area contributed by atoms with Gasteiger partial charge in [-0.3, -0.25) is 4.90 Å². The van der Waals surface area contributed by atoms with Crippen LogP contribution in [0.3, 0.4) is 0 Å². The fraction of sp³-hybridized carbons (Fsp3) is 1.00. The molecule has 16 heavy (non-hydrogen) atoms. The van der Waals surface area contributed by atoms with Crippen molar-refractivity contribution >= 4 is 0 Å². The van der Waals surface area contributed by atoms with E-state index in [1.807, 2.05) is 0 Å². The average molecular weight is 227 g/mol. The number of hydrogen-bond donors (Lipinski definition) is 2. The van der Waals surface area contributed by atoms with Crippen LogP contribution < -0.4 is 5.32 Å². The molecule has 4 nitrogen and oxygen atoms in total. The van der Waals surface area contributed by atoms with Crippen LogP contribution in [0.2, 0.25) is 0 Å². The Labute approximate surface area is 98.6 Å². The number of hydrogen-bond acceptors (Lipinski definition) is 4. The van der Waals surface area contributed by atoms with Crippen LogP contribution in [0.15, 0.2) is 0 Å². The highest BCUT2D eigenvalue weighted by Gasteiger charge is 2.26. The Morgan fingerprint density at radius 1 is 1.38 bits per heavy atom. The monoisotopic (exact) mass is 227 g/mol. The lowest BCUT2D eigenvalue weighted by molar-refractivity contribution is 0.119. The van der Waals surface area contributed by atoms with Gasteiger partial charge < -0.3 is 15.3 Å². The lowest BCUT2D eigenvalue weighted by Crippen LogP contribution is -2.39. The normalized spacial score (nSPS) is 28.9. The molecule has 1 heterocycles. The zero-order valence-corrected chi connectivity index (χ0v) is 10.5. The number of nitrogens with one attached hydrogen (secondary N) is 1. The summed E-state index contributed by atoms with van der Waals surface area (Å²) in [6.45, 7) is 3.81. The van der Waals surface area contributed by atoms with Crippen molar-refractivity contribution in [2.75, 3.05) is 40.3 Å². The first kappa shape index (κ1) is 12.3. The van der Waals surface area contributed by atoms with Crippen LogP contribution in [0, 0.1) is 0 Å². The largest absolute Gasteiger partial charge is 0.390 e. The Balaban J connectivity index is 1.61. The standard InChI is InChI=1S/C12H25N3O/c1-14(2)11-5-6-15(8-11)9-12(16)7-13-10-3-4-10/h10-13,16H,3-9H2,1-2H3. The molecule has 1 saturated carbocycles. The molecule has 2 unspecified atom stereocenters. The maximum absolute atomic E-state index is 9.89. The van der Waals surface area contributed by atoms with E-state index in [1.165, 1.54) is 19.3 Å². The van der Waals surface area contributed by atoms with E-state index in [-0.39, 0.29) is 6.10 Å². The number of aliphatic hydroxyl groups is 1. The molecule has 2 N–H and O–H groups in total. The minimum atomic E-state index is -0.207. The first-order chi connectivity index (χ1) is 7.65. The molecule has 94 valence electrons. The molecule has 0 aromatic carbocycles. The highest BCUT2D eigenvalue weighted by molar-refractivity contribution is 4.85. The molecule has 4 heteroatoms. The molecule has 2 fully saturated rings. The van der Waals surface area contributed by atoms with Crippen LogP contribution in [0.1, 0.15) is 19.3 Å². The molecule has 0 bridgehead atoms. The maximum atomic E-state index is 9.89. The summed E-state index contributed by atoms with van der Waals surface area (Å²) in [6.07, 6.45) is 3.61. The highest BCUT2D eigenvalue weighted by atomic mass is 16.3. The van der Waals surface area contributed by atoms with Gasteiger partial charge in [0.1, 0.15) is 0 Å². The van der Waals surface area contributed by atoms with Crippen LogP contribution in [-0.4, -0.2) is 73.4 Å². The Hall–Kier alpha value is -0.160. The quantitative estimate of drug-likeness (QED) is 0.655. The molecule has 0 spiro atoms. The first-order valence-electron chi connectivity index (χ1n) is 6.45. The SMILES string of the molecule is CN(C)C1CCN(CC(O)CNC2CC2)C1. The molecular formula is C12H25N3O. The van der Waals surface area contributed by atoms with Crippen LogP contribution in [0.5, 0.6) is 0 Å². The van der Waals surface area contributed by atoms with E-state index in [2.05, 4.69) is 29.2 Å². The topological polar surface area (TPSA) is 38.7 Å². The van der Waals surface area contributed by atoms with Crippen LogP contribution >= 0.6 is 0 Å². The summed E-state index contributed by atoms with van der Waals surface area (Å²) in [6, 6.07) is 1.37. The second-order valence-electron chi connectivity index (χ2n) is 5.50. The molecule has 2 atom stereocenters.